The molecule has 1 aromatic carbocycles. The van der Waals surface area contributed by atoms with Crippen LogP contribution in [0.5, 0.6) is 0 Å². The summed E-state index contributed by atoms with van der Waals surface area (Å²) in [6, 6.07) is 5.21. The van der Waals surface area contributed by atoms with Crippen LogP contribution in [0.3, 0.4) is 0 Å². The average Bonchev–Trinajstić information content (AvgIpc) is 2.34. The second-order valence-corrected chi connectivity index (χ2v) is 4.24. The zero-order chi connectivity index (χ0) is 13.5. The van der Waals surface area contributed by atoms with Gasteiger partial charge < -0.3 is 15.4 Å². The van der Waals surface area contributed by atoms with Crippen LogP contribution in [0.2, 0.25) is 0 Å². The monoisotopic (exact) mass is 286 g/mol. The van der Waals surface area contributed by atoms with Gasteiger partial charge in [0.2, 0.25) is 0 Å². The van der Waals surface area contributed by atoms with E-state index in [0.717, 1.165) is 25.2 Å². The van der Waals surface area contributed by atoms with Crippen molar-refractivity contribution in [2.24, 2.45) is 0 Å². The Balaban J connectivity index is 0.00000324. The maximum atomic E-state index is 11.9. The number of halogens is 1. The molecule has 4 nitrogen and oxygen atoms in total. The van der Waals surface area contributed by atoms with Crippen molar-refractivity contribution in [3.63, 3.8) is 0 Å². The smallest absolute Gasteiger partial charge is 0.338 e. The summed E-state index contributed by atoms with van der Waals surface area (Å²) in [6.07, 6.45) is 0. The van der Waals surface area contributed by atoms with E-state index in [1.165, 1.54) is 0 Å². The highest BCUT2D eigenvalue weighted by Gasteiger charge is 2.10. The maximum Gasteiger partial charge on any atom is 0.338 e. The zero-order valence-electron chi connectivity index (χ0n) is 11.8. The number of hydrogen-bond acceptors (Lipinski definition) is 4. The minimum atomic E-state index is -0.278. The molecular formula is C14H23ClN2O2. The Morgan fingerprint density at radius 1 is 1.32 bits per heavy atom. The number of hydrogen-bond donors (Lipinski definition) is 1. The number of benzene rings is 1. The Hall–Kier alpha value is -1.26. The third-order valence-corrected chi connectivity index (χ3v) is 3.01. The van der Waals surface area contributed by atoms with Crippen molar-refractivity contribution < 1.29 is 9.53 Å². The molecule has 2 N–H and O–H groups in total. The molecule has 0 atom stereocenters. The molecule has 0 spiro atoms. The summed E-state index contributed by atoms with van der Waals surface area (Å²) < 4.78 is 5.26. The lowest BCUT2D eigenvalue weighted by molar-refractivity contribution is 0.0465. The van der Waals surface area contributed by atoms with E-state index in [9.17, 15) is 4.79 Å². The molecule has 0 unspecified atom stereocenters. The number of nitrogen functional groups attached to an aromatic ring is 1. The van der Waals surface area contributed by atoms with Gasteiger partial charge >= 0.3 is 5.97 Å². The van der Waals surface area contributed by atoms with Crippen molar-refractivity contribution in [2.45, 2.75) is 20.8 Å². The molecule has 0 aliphatic rings. The van der Waals surface area contributed by atoms with Crippen molar-refractivity contribution in [2.75, 3.05) is 32.0 Å². The highest BCUT2D eigenvalue weighted by atomic mass is 35.5. The fourth-order valence-electron chi connectivity index (χ4n) is 1.80. The Morgan fingerprint density at radius 2 is 1.95 bits per heavy atom. The number of carbonyl (C=O) groups is 1. The predicted molar refractivity (Wildman–Crippen MR) is 80.9 cm³/mol. The molecule has 0 aromatic heterocycles. The molecule has 1 aromatic rings. The van der Waals surface area contributed by atoms with Gasteiger partial charge in [-0.05, 0) is 43.8 Å². The van der Waals surface area contributed by atoms with Gasteiger partial charge in [-0.3, -0.25) is 0 Å². The van der Waals surface area contributed by atoms with E-state index in [-0.39, 0.29) is 18.4 Å². The first kappa shape index (κ1) is 17.7. The largest absolute Gasteiger partial charge is 0.461 e. The summed E-state index contributed by atoms with van der Waals surface area (Å²) in [5.74, 6) is -0.278. The molecule has 0 heterocycles. The second-order valence-electron chi connectivity index (χ2n) is 4.24. The van der Waals surface area contributed by atoms with Gasteiger partial charge in [0.1, 0.15) is 6.61 Å². The fourth-order valence-corrected chi connectivity index (χ4v) is 1.80. The van der Waals surface area contributed by atoms with Crippen LogP contribution in [0.25, 0.3) is 0 Å². The lowest BCUT2D eigenvalue weighted by Gasteiger charge is -2.17. The van der Waals surface area contributed by atoms with Crippen LogP contribution >= 0.6 is 12.4 Å². The van der Waals surface area contributed by atoms with Crippen LogP contribution in [0, 0.1) is 6.92 Å². The topological polar surface area (TPSA) is 55.6 Å². The minimum Gasteiger partial charge on any atom is -0.461 e. The molecular weight excluding hydrogens is 264 g/mol. The van der Waals surface area contributed by atoms with Crippen LogP contribution in [-0.2, 0) is 4.74 Å². The highest BCUT2D eigenvalue weighted by Crippen LogP contribution is 2.13. The van der Waals surface area contributed by atoms with Crippen molar-refractivity contribution >= 4 is 24.1 Å². The molecule has 0 aliphatic heterocycles. The number of nitrogens with two attached hydrogens (primary N) is 1. The Morgan fingerprint density at radius 3 is 2.47 bits per heavy atom. The van der Waals surface area contributed by atoms with Gasteiger partial charge in [-0.2, -0.15) is 0 Å². The fraction of sp³-hybridized carbons (Fsp3) is 0.500. The number of likely N-dealkylation sites (N-methyl/N-ethyl adjacent to an activating group) is 1. The normalized spacial score (nSPS) is 10.1. The van der Waals surface area contributed by atoms with Crippen LogP contribution in [0.4, 0.5) is 5.69 Å². The van der Waals surface area contributed by atoms with Crippen LogP contribution in [0.15, 0.2) is 18.2 Å². The second kappa shape index (κ2) is 8.77. The van der Waals surface area contributed by atoms with E-state index in [4.69, 9.17) is 10.5 Å². The van der Waals surface area contributed by atoms with Gasteiger partial charge in [-0.15, -0.1) is 12.4 Å². The summed E-state index contributed by atoms with van der Waals surface area (Å²) >= 11 is 0. The van der Waals surface area contributed by atoms with Gasteiger partial charge in [0, 0.05) is 12.2 Å². The number of carbonyl (C=O) groups excluding carboxylic acids is 1. The number of aryl methyl sites for hydroxylation is 1. The molecule has 0 fully saturated rings. The van der Waals surface area contributed by atoms with Crippen LogP contribution < -0.4 is 5.73 Å². The summed E-state index contributed by atoms with van der Waals surface area (Å²) in [5.41, 5.74) is 7.74. The molecule has 108 valence electrons. The minimum absolute atomic E-state index is 0. The number of esters is 1. The maximum absolute atomic E-state index is 11.9. The molecule has 0 saturated carbocycles. The third-order valence-electron chi connectivity index (χ3n) is 3.01. The van der Waals surface area contributed by atoms with Crippen molar-refractivity contribution in [1.29, 1.82) is 0 Å². The van der Waals surface area contributed by atoms with Crippen molar-refractivity contribution in [1.82, 2.24) is 4.90 Å². The zero-order valence-corrected chi connectivity index (χ0v) is 12.6. The first-order valence-corrected chi connectivity index (χ1v) is 6.34. The van der Waals surface area contributed by atoms with E-state index in [1.54, 1.807) is 18.2 Å². The molecule has 0 bridgehead atoms. The Kier molecular flexibility index (Phi) is 8.19. The molecule has 0 aliphatic carbocycles. The van der Waals surface area contributed by atoms with E-state index in [0.29, 0.717) is 17.9 Å². The van der Waals surface area contributed by atoms with Gasteiger partial charge in [-0.1, -0.05) is 13.8 Å². The SMILES string of the molecule is CCN(CC)CCOC(=O)c1ccc(N)cc1C.Cl. The highest BCUT2D eigenvalue weighted by molar-refractivity contribution is 5.91. The molecule has 0 amide bonds. The number of rotatable bonds is 6. The van der Waals surface area contributed by atoms with Crippen molar-refractivity contribution in [3.05, 3.63) is 29.3 Å². The average molecular weight is 287 g/mol. The lowest BCUT2D eigenvalue weighted by Crippen LogP contribution is -2.28. The lowest BCUT2D eigenvalue weighted by atomic mass is 10.1. The van der Waals surface area contributed by atoms with E-state index in [1.807, 2.05) is 6.92 Å². The van der Waals surface area contributed by atoms with Gasteiger partial charge in [-0.25, -0.2) is 4.79 Å². The van der Waals surface area contributed by atoms with Gasteiger partial charge in [0.05, 0.1) is 5.56 Å². The molecule has 19 heavy (non-hydrogen) atoms. The van der Waals surface area contributed by atoms with Gasteiger partial charge in [0.25, 0.3) is 0 Å². The molecule has 0 radical (unpaired) electrons. The summed E-state index contributed by atoms with van der Waals surface area (Å²) in [7, 11) is 0. The first-order valence-electron chi connectivity index (χ1n) is 6.34. The third kappa shape index (κ3) is 5.49. The summed E-state index contributed by atoms with van der Waals surface area (Å²) in [6.45, 7) is 9.17. The van der Waals surface area contributed by atoms with E-state index in [2.05, 4.69) is 18.7 Å². The number of nitrogens with zero attached hydrogens (tertiary/aromatic N) is 1. The standard InChI is InChI=1S/C14H22N2O2.ClH/c1-4-16(5-2)8-9-18-14(17)13-7-6-12(15)10-11(13)3;/h6-7,10H,4-5,8-9,15H2,1-3H3;1H. The number of ether oxygens (including phenoxy) is 1. The molecule has 0 saturated heterocycles. The number of anilines is 1. The Bertz CT molecular complexity index is 406. The quantitative estimate of drug-likeness (QED) is 0.645. The first-order chi connectivity index (χ1) is 8.58. The van der Waals surface area contributed by atoms with Crippen LogP contribution in [-0.4, -0.2) is 37.1 Å². The Labute approximate surface area is 121 Å². The van der Waals surface area contributed by atoms with E-state index < -0.39 is 0 Å². The summed E-state index contributed by atoms with van der Waals surface area (Å²) in [5, 5.41) is 0. The van der Waals surface area contributed by atoms with Crippen molar-refractivity contribution in [3.8, 4) is 0 Å². The molecule has 5 heteroatoms. The predicted octanol–water partition coefficient (Wildman–Crippen LogP) is 2.50. The van der Waals surface area contributed by atoms with Crippen LogP contribution in [0.1, 0.15) is 29.8 Å². The van der Waals surface area contributed by atoms with Gasteiger partial charge in [0.15, 0.2) is 0 Å². The molecule has 1 rings (SSSR count). The van der Waals surface area contributed by atoms with E-state index >= 15 is 0 Å². The summed E-state index contributed by atoms with van der Waals surface area (Å²) in [4.78, 5) is 14.1.